The highest BCUT2D eigenvalue weighted by atomic mass is 35.5. The second-order valence-corrected chi connectivity index (χ2v) is 7.04. The molecule has 4 heterocycles. The molecule has 0 aromatic carbocycles. The Hall–Kier alpha value is -3.27. The summed E-state index contributed by atoms with van der Waals surface area (Å²) >= 11 is 5.99. The lowest BCUT2D eigenvalue weighted by molar-refractivity contribution is 0.262. The van der Waals surface area contributed by atoms with Crippen LogP contribution in [-0.2, 0) is 0 Å². The molecule has 0 spiro atoms. The fourth-order valence-corrected chi connectivity index (χ4v) is 3.35. The second kappa shape index (κ2) is 6.13. The van der Waals surface area contributed by atoms with Crippen LogP contribution in [-0.4, -0.2) is 35.2 Å². The third-order valence-electron chi connectivity index (χ3n) is 4.46. The largest absolute Gasteiger partial charge is 0.323 e. The number of nitrogens with zero attached hydrogens (tertiary/aromatic N) is 6. The SMILES string of the molecule is Cc1nc2c(F)cc(NC(=O)Nc3cnc4cc(Cl)nn4c3C3CC3)cn2n1. The Kier molecular flexibility index (Phi) is 3.69. The van der Waals surface area contributed by atoms with Gasteiger partial charge in [0, 0.05) is 18.1 Å². The zero-order chi connectivity index (χ0) is 19.4. The standard InChI is InChI=1S/C17H14ClFN8O/c1-8-21-16-11(19)4-10(7-26(16)24-8)22-17(28)23-12-6-20-14-5-13(18)25-27(14)15(12)9-2-3-9/h4-7,9H,2-3H2,1H3,(H2,22,23,28). The topological polar surface area (TPSA) is 102 Å². The zero-order valence-electron chi connectivity index (χ0n) is 14.6. The molecule has 5 rings (SSSR count). The van der Waals surface area contributed by atoms with E-state index >= 15 is 0 Å². The Morgan fingerprint density at radius 3 is 2.89 bits per heavy atom. The molecule has 0 atom stereocenters. The fraction of sp³-hybridized carbons (Fsp3) is 0.235. The quantitative estimate of drug-likeness (QED) is 0.549. The molecular weight excluding hydrogens is 387 g/mol. The predicted molar refractivity (Wildman–Crippen MR) is 100 cm³/mol. The average Bonchev–Trinajstić information content (AvgIpc) is 3.27. The number of aryl methyl sites for hydroxylation is 1. The Morgan fingerprint density at radius 1 is 1.29 bits per heavy atom. The van der Waals surface area contributed by atoms with Crippen LogP contribution in [0.4, 0.5) is 20.6 Å². The maximum Gasteiger partial charge on any atom is 0.323 e. The molecule has 4 aromatic rings. The van der Waals surface area contributed by atoms with Gasteiger partial charge >= 0.3 is 6.03 Å². The van der Waals surface area contributed by atoms with E-state index in [9.17, 15) is 9.18 Å². The minimum atomic E-state index is -0.577. The number of carbonyl (C=O) groups is 1. The smallest absolute Gasteiger partial charge is 0.306 e. The second-order valence-electron chi connectivity index (χ2n) is 6.65. The number of pyridine rings is 1. The number of anilines is 2. The van der Waals surface area contributed by atoms with E-state index in [1.54, 1.807) is 23.7 Å². The Bertz CT molecular complexity index is 1250. The van der Waals surface area contributed by atoms with Gasteiger partial charge in [-0.1, -0.05) is 11.6 Å². The molecule has 142 valence electrons. The van der Waals surface area contributed by atoms with Crippen LogP contribution in [0.1, 0.15) is 30.3 Å². The van der Waals surface area contributed by atoms with Crippen LogP contribution in [0.3, 0.4) is 0 Å². The van der Waals surface area contributed by atoms with Gasteiger partial charge in [-0.15, -0.1) is 0 Å². The van der Waals surface area contributed by atoms with Crippen molar-refractivity contribution < 1.29 is 9.18 Å². The highest BCUT2D eigenvalue weighted by Gasteiger charge is 2.30. The molecule has 1 aliphatic rings. The van der Waals surface area contributed by atoms with Crippen molar-refractivity contribution in [2.75, 3.05) is 10.6 Å². The summed E-state index contributed by atoms with van der Waals surface area (Å²) in [5.74, 6) is 0.141. The number of hydrogen-bond acceptors (Lipinski definition) is 5. The number of urea groups is 1. The van der Waals surface area contributed by atoms with E-state index < -0.39 is 11.8 Å². The third-order valence-corrected chi connectivity index (χ3v) is 4.64. The minimum Gasteiger partial charge on any atom is -0.306 e. The number of hydrogen-bond donors (Lipinski definition) is 2. The van der Waals surface area contributed by atoms with Gasteiger partial charge in [0.2, 0.25) is 0 Å². The minimum absolute atomic E-state index is 0.102. The summed E-state index contributed by atoms with van der Waals surface area (Å²) in [4.78, 5) is 20.8. The molecule has 1 saturated carbocycles. The maximum absolute atomic E-state index is 14.2. The summed E-state index contributed by atoms with van der Waals surface area (Å²) in [6, 6.07) is 2.33. The van der Waals surface area contributed by atoms with Crippen molar-refractivity contribution in [3.63, 3.8) is 0 Å². The summed E-state index contributed by atoms with van der Waals surface area (Å²) in [5.41, 5.74) is 2.35. The maximum atomic E-state index is 14.2. The zero-order valence-corrected chi connectivity index (χ0v) is 15.4. The van der Waals surface area contributed by atoms with Gasteiger partial charge in [0.1, 0.15) is 5.82 Å². The van der Waals surface area contributed by atoms with E-state index in [2.05, 4.69) is 30.8 Å². The van der Waals surface area contributed by atoms with Crippen molar-refractivity contribution in [1.82, 2.24) is 29.2 Å². The number of carbonyl (C=O) groups excluding carboxylic acids is 1. The number of rotatable bonds is 3. The van der Waals surface area contributed by atoms with Crippen LogP contribution in [0, 0.1) is 12.7 Å². The molecule has 1 aliphatic carbocycles. The number of aromatic nitrogens is 6. The molecule has 4 aromatic heterocycles. The molecule has 2 amide bonds. The van der Waals surface area contributed by atoms with Crippen molar-refractivity contribution in [3.8, 4) is 0 Å². The molecular formula is C17H14ClFN8O. The molecule has 0 aliphatic heterocycles. The first kappa shape index (κ1) is 16.9. The van der Waals surface area contributed by atoms with Gasteiger partial charge in [-0.2, -0.15) is 10.2 Å². The Labute approximate surface area is 162 Å². The number of fused-ring (bicyclic) bond motifs is 2. The molecule has 0 bridgehead atoms. The average molecular weight is 401 g/mol. The van der Waals surface area contributed by atoms with Gasteiger partial charge < -0.3 is 10.6 Å². The van der Waals surface area contributed by atoms with E-state index in [1.807, 2.05) is 0 Å². The van der Waals surface area contributed by atoms with E-state index in [-0.39, 0.29) is 17.3 Å². The van der Waals surface area contributed by atoms with E-state index in [4.69, 9.17) is 11.6 Å². The van der Waals surface area contributed by atoms with Crippen molar-refractivity contribution in [3.05, 3.63) is 47.0 Å². The lowest BCUT2D eigenvalue weighted by atomic mass is 10.2. The van der Waals surface area contributed by atoms with Crippen LogP contribution in [0.2, 0.25) is 5.15 Å². The number of amides is 2. The highest BCUT2D eigenvalue weighted by molar-refractivity contribution is 6.29. The van der Waals surface area contributed by atoms with E-state index in [1.165, 1.54) is 16.8 Å². The molecule has 0 saturated heterocycles. The summed E-state index contributed by atoms with van der Waals surface area (Å²) in [6.07, 6.45) is 5.07. The summed E-state index contributed by atoms with van der Waals surface area (Å²) in [7, 11) is 0. The number of halogens is 2. The van der Waals surface area contributed by atoms with Gasteiger partial charge in [-0.25, -0.2) is 28.2 Å². The summed E-state index contributed by atoms with van der Waals surface area (Å²) in [6.45, 7) is 1.66. The first-order chi connectivity index (χ1) is 13.5. The Morgan fingerprint density at radius 2 is 2.11 bits per heavy atom. The Balaban J connectivity index is 1.43. The number of nitrogens with one attached hydrogen (secondary N) is 2. The molecule has 0 unspecified atom stereocenters. The van der Waals surface area contributed by atoms with Crippen molar-refractivity contribution in [2.24, 2.45) is 0 Å². The molecule has 1 fully saturated rings. The van der Waals surface area contributed by atoms with Crippen LogP contribution in [0.25, 0.3) is 11.3 Å². The molecule has 9 nitrogen and oxygen atoms in total. The fourth-order valence-electron chi connectivity index (χ4n) is 3.18. The lowest BCUT2D eigenvalue weighted by Gasteiger charge is -2.12. The first-order valence-corrected chi connectivity index (χ1v) is 9.00. The first-order valence-electron chi connectivity index (χ1n) is 8.62. The normalized spacial score (nSPS) is 14.0. The van der Waals surface area contributed by atoms with Crippen molar-refractivity contribution in [2.45, 2.75) is 25.7 Å². The van der Waals surface area contributed by atoms with Gasteiger partial charge in [-0.3, -0.25) is 0 Å². The van der Waals surface area contributed by atoms with Gasteiger partial charge in [0.15, 0.2) is 22.3 Å². The van der Waals surface area contributed by atoms with Crippen molar-refractivity contribution >= 4 is 40.3 Å². The highest BCUT2D eigenvalue weighted by Crippen LogP contribution is 2.43. The van der Waals surface area contributed by atoms with Gasteiger partial charge in [0.25, 0.3) is 0 Å². The molecule has 28 heavy (non-hydrogen) atoms. The van der Waals surface area contributed by atoms with Crippen molar-refractivity contribution in [1.29, 1.82) is 0 Å². The summed E-state index contributed by atoms with van der Waals surface area (Å²) in [5, 5.41) is 14.0. The summed E-state index contributed by atoms with van der Waals surface area (Å²) < 4.78 is 17.1. The third kappa shape index (κ3) is 2.91. The van der Waals surface area contributed by atoms with Gasteiger partial charge in [-0.05, 0) is 19.8 Å². The molecule has 11 heteroatoms. The van der Waals surface area contributed by atoms with Crippen LogP contribution in [0.5, 0.6) is 0 Å². The molecule has 2 N–H and O–H groups in total. The predicted octanol–water partition coefficient (Wildman–Crippen LogP) is 3.39. The monoisotopic (exact) mass is 400 g/mol. The van der Waals surface area contributed by atoms with E-state index in [0.717, 1.165) is 18.5 Å². The van der Waals surface area contributed by atoms with Crippen LogP contribution < -0.4 is 10.6 Å². The van der Waals surface area contributed by atoms with Crippen LogP contribution in [0.15, 0.2) is 24.5 Å². The van der Waals surface area contributed by atoms with E-state index in [0.29, 0.717) is 22.3 Å². The lowest BCUT2D eigenvalue weighted by Crippen LogP contribution is -2.21. The molecule has 0 radical (unpaired) electrons. The van der Waals surface area contributed by atoms with Crippen LogP contribution >= 0.6 is 11.6 Å². The van der Waals surface area contributed by atoms with Gasteiger partial charge in [0.05, 0.1) is 29.5 Å².